The molecule has 0 saturated heterocycles. The van der Waals surface area contributed by atoms with Gasteiger partial charge in [0.1, 0.15) is 56.9 Å². The average molecular weight is 1000 g/mol. The fourth-order valence-corrected chi connectivity index (χ4v) is 10.0. The number of hydrogen-bond acceptors (Lipinski definition) is 12. The number of ether oxygens (including phenoxy) is 9. The van der Waals surface area contributed by atoms with Crippen LogP contribution in [0.2, 0.25) is 0 Å². The first-order valence-electron chi connectivity index (χ1n) is 24.7. The normalized spacial score (nSPS) is 11.7. The van der Waals surface area contributed by atoms with E-state index in [9.17, 15) is 14.4 Å². The lowest BCUT2D eigenvalue weighted by atomic mass is 9.93. The second-order valence-electron chi connectivity index (χ2n) is 17.8. The molecule has 9 aromatic carbocycles. The Morgan fingerprint density at radius 1 is 0.320 bits per heavy atom. The van der Waals surface area contributed by atoms with Crippen molar-refractivity contribution in [1.82, 2.24) is 0 Å². The van der Waals surface area contributed by atoms with Gasteiger partial charge in [-0.1, -0.05) is 109 Å². The van der Waals surface area contributed by atoms with Crippen molar-refractivity contribution in [3.63, 3.8) is 0 Å². The molecule has 1 aliphatic carbocycles. The van der Waals surface area contributed by atoms with E-state index in [1.54, 1.807) is 39.5 Å². The Morgan fingerprint density at radius 2 is 0.600 bits per heavy atom. The highest BCUT2D eigenvalue weighted by Gasteiger charge is 2.27. The van der Waals surface area contributed by atoms with E-state index >= 15 is 0 Å². The summed E-state index contributed by atoms with van der Waals surface area (Å²) in [4.78, 5) is 36.1. The smallest absolute Gasteiger partial charge is 0.164 e. The molecule has 0 aliphatic heterocycles. The fourth-order valence-electron chi connectivity index (χ4n) is 10.0. The molecule has 10 rings (SSSR count). The number of methoxy groups -OCH3 is 3. The molecule has 1 aliphatic rings. The molecule has 0 heterocycles. The van der Waals surface area contributed by atoms with Gasteiger partial charge in [-0.25, -0.2) is 0 Å². The van der Waals surface area contributed by atoms with Crippen molar-refractivity contribution in [3.8, 4) is 51.7 Å². The molecular weight excluding hydrogens is 949 g/mol. The zero-order valence-electron chi connectivity index (χ0n) is 41.9. The fraction of sp³-hybridized carbons (Fsp3) is 0.190. The third kappa shape index (κ3) is 10.2. The van der Waals surface area contributed by atoms with Crippen LogP contribution in [0.4, 0.5) is 0 Å². The number of rotatable bonds is 21. The van der Waals surface area contributed by atoms with Gasteiger partial charge in [-0.2, -0.15) is 0 Å². The molecule has 0 aromatic heterocycles. The summed E-state index contributed by atoms with van der Waals surface area (Å²) in [5, 5.41) is 5.42. The lowest BCUT2D eigenvalue weighted by Gasteiger charge is -2.20. The van der Waals surface area contributed by atoms with Crippen LogP contribution < -0.4 is 42.6 Å². The maximum atomic E-state index is 12.0. The molecular formula is C63H54O12. The van der Waals surface area contributed by atoms with Crippen LogP contribution >= 0.6 is 0 Å². The molecule has 0 atom stereocenters. The number of benzene rings is 9. The summed E-state index contributed by atoms with van der Waals surface area (Å²) < 4.78 is 56.8. The Balaban J connectivity index is 0.961. The quantitative estimate of drug-likeness (QED) is 0.0501. The van der Waals surface area contributed by atoms with Crippen molar-refractivity contribution in [3.05, 3.63) is 196 Å². The predicted octanol–water partition coefficient (Wildman–Crippen LogP) is 12.1. The Kier molecular flexibility index (Phi) is 15.1. The van der Waals surface area contributed by atoms with Gasteiger partial charge in [0.2, 0.25) is 0 Å². The standard InChI is InChI=1S/C63H54O12/c1-67-61-52-34-44-23-26-56(71-29-32-74-59-47(38-65)20-17-41-11-5-8-14-50(41)59)63(69-3)54(44)36-45-24-27-57(72-30-33-75-60-48(39-66)21-18-42-12-6-9-15-51(42)60)62(68-2)53(45)35-43(52)22-25-55(61)70-28-31-73-58-46(37-64)19-16-40-10-4-7-13-49(40)58/h4-27,37-39H,28-36H2,1-3H3. The largest absolute Gasteiger partial charge is 0.493 e. The molecule has 0 radical (unpaired) electrons. The number of aldehydes is 3. The van der Waals surface area contributed by atoms with Crippen molar-refractivity contribution >= 4 is 51.2 Å². The maximum absolute atomic E-state index is 12.0. The highest BCUT2D eigenvalue weighted by molar-refractivity contribution is 5.98. The van der Waals surface area contributed by atoms with Gasteiger partial charge in [0.15, 0.2) is 53.4 Å². The highest BCUT2D eigenvalue weighted by atomic mass is 16.6. The number of carbonyl (C=O) groups excluding carboxylic acids is 3. The van der Waals surface area contributed by atoms with Gasteiger partial charge >= 0.3 is 0 Å². The van der Waals surface area contributed by atoms with E-state index in [-0.39, 0.29) is 39.6 Å². The molecule has 75 heavy (non-hydrogen) atoms. The minimum absolute atomic E-state index is 0.167. The van der Waals surface area contributed by atoms with E-state index < -0.39 is 0 Å². The van der Waals surface area contributed by atoms with Gasteiger partial charge in [-0.15, -0.1) is 0 Å². The van der Waals surface area contributed by atoms with Crippen molar-refractivity contribution in [1.29, 1.82) is 0 Å². The molecule has 0 spiro atoms. The Hall–Kier alpha value is -9.03. The number of fused-ring (bicyclic) bond motifs is 6. The van der Waals surface area contributed by atoms with Gasteiger partial charge in [0, 0.05) is 52.1 Å². The average Bonchev–Trinajstić information content (AvgIpc) is 3.52. The van der Waals surface area contributed by atoms with Gasteiger partial charge in [0.25, 0.3) is 0 Å². The summed E-state index contributed by atoms with van der Waals surface area (Å²) in [6.07, 6.45) is 3.74. The van der Waals surface area contributed by atoms with Crippen molar-refractivity contribution in [2.24, 2.45) is 0 Å². The zero-order chi connectivity index (χ0) is 51.7. The third-order valence-electron chi connectivity index (χ3n) is 13.6. The molecule has 9 aromatic rings. The summed E-state index contributed by atoms with van der Waals surface area (Å²) >= 11 is 0. The van der Waals surface area contributed by atoms with E-state index in [4.69, 9.17) is 42.6 Å². The minimum atomic E-state index is 0.167. The van der Waals surface area contributed by atoms with E-state index in [1.807, 2.05) is 127 Å². The lowest BCUT2D eigenvalue weighted by molar-refractivity contribution is 0.111. The van der Waals surface area contributed by atoms with E-state index in [0.29, 0.717) is 87.7 Å². The molecule has 12 heteroatoms. The number of carbonyl (C=O) groups is 3. The molecule has 0 bridgehead atoms. The first-order valence-corrected chi connectivity index (χ1v) is 24.7. The topological polar surface area (TPSA) is 134 Å². The van der Waals surface area contributed by atoms with Crippen LogP contribution in [0.1, 0.15) is 64.5 Å². The summed E-state index contributed by atoms with van der Waals surface area (Å²) in [5.41, 5.74) is 7.01. The molecule has 378 valence electrons. The van der Waals surface area contributed by atoms with Crippen LogP contribution in [0.3, 0.4) is 0 Å². The molecule has 0 saturated carbocycles. The molecule has 0 N–H and O–H groups in total. The second kappa shape index (κ2) is 22.8. The first kappa shape index (κ1) is 49.5. The summed E-state index contributed by atoms with van der Waals surface area (Å²) in [5.74, 6) is 4.78. The maximum Gasteiger partial charge on any atom is 0.164 e. The van der Waals surface area contributed by atoms with E-state index in [0.717, 1.165) is 84.6 Å². The second-order valence-corrected chi connectivity index (χ2v) is 17.8. The predicted molar refractivity (Wildman–Crippen MR) is 288 cm³/mol. The SMILES string of the molecule is COc1c(OCCOc2c(C=O)ccc3ccccc23)ccc2c1Cc1ccc(OCCOc3c(C=O)ccc4ccccc34)c(OC)c1Cc1ccc(OCCOc3c(C=O)ccc4ccccc34)c(OC)c1C2. The first-order chi connectivity index (χ1) is 36.9. The van der Waals surface area contributed by atoms with Gasteiger partial charge < -0.3 is 42.6 Å². The van der Waals surface area contributed by atoms with Crippen LogP contribution in [0.25, 0.3) is 32.3 Å². The Morgan fingerprint density at radius 3 is 0.880 bits per heavy atom. The van der Waals surface area contributed by atoms with Crippen molar-refractivity contribution < 1.29 is 57.0 Å². The number of hydrogen-bond donors (Lipinski definition) is 0. The van der Waals surface area contributed by atoms with Crippen molar-refractivity contribution in [2.45, 2.75) is 19.3 Å². The zero-order valence-corrected chi connectivity index (χ0v) is 41.9. The van der Waals surface area contributed by atoms with Gasteiger partial charge in [-0.05, 0) is 69.2 Å². The summed E-state index contributed by atoms with van der Waals surface area (Å²) in [6, 6.07) is 46.2. The molecule has 0 unspecified atom stereocenters. The highest BCUT2D eigenvalue weighted by Crippen LogP contribution is 2.45. The lowest BCUT2D eigenvalue weighted by Crippen LogP contribution is -2.12. The van der Waals surface area contributed by atoms with Gasteiger partial charge in [0.05, 0.1) is 38.0 Å². The van der Waals surface area contributed by atoms with Crippen LogP contribution in [0.5, 0.6) is 51.7 Å². The van der Waals surface area contributed by atoms with Crippen molar-refractivity contribution in [2.75, 3.05) is 61.0 Å². The summed E-state index contributed by atoms with van der Waals surface area (Å²) in [7, 11) is 4.90. The molecule has 0 amide bonds. The third-order valence-corrected chi connectivity index (χ3v) is 13.6. The van der Waals surface area contributed by atoms with E-state index in [2.05, 4.69) is 0 Å². The van der Waals surface area contributed by atoms with Crippen LogP contribution in [-0.4, -0.2) is 79.8 Å². The van der Waals surface area contributed by atoms with E-state index in [1.165, 1.54) is 0 Å². The van der Waals surface area contributed by atoms with Crippen LogP contribution in [0, 0.1) is 0 Å². The minimum Gasteiger partial charge on any atom is -0.493 e. The monoisotopic (exact) mass is 1000 g/mol. The van der Waals surface area contributed by atoms with Crippen LogP contribution in [-0.2, 0) is 19.3 Å². The molecule has 12 nitrogen and oxygen atoms in total. The molecule has 0 fully saturated rings. The Bertz CT molecular complexity index is 3210. The Labute approximate surface area is 434 Å². The van der Waals surface area contributed by atoms with Crippen LogP contribution in [0.15, 0.2) is 146 Å². The summed E-state index contributed by atoms with van der Waals surface area (Å²) in [6.45, 7) is 1.01. The van der Waals surface area contributed by atoms with Gasteiger partial charge in [-0.3, -0.25) is 14.4 Å².